The number of carbonyl (C=O) groups excluding carboxylic acids is 1. The molecule has 3 heteroatoms. The number of benzene rings is 1. The van der Waals surface area contributed by atoms with Gasteiger partial charge in [-0.1, -0.05) is 18.2 Å². The summed E-state index contributed by atoms with van der Waals surface area (Å²) in [5.41, 5.74) is 1.70. The number of para-hydroxylation sites is 1. The lowest BCUT2D eigenvalue weighted by Gasteiger charge is -2.06. The van der Waals surface area contributed by atoms with E-state index in [0.29, 0.717) is 5.56 Å². The molecule has 0 atom stereocenters. The molecule has 0 saturated heterocycles. The van der Waals surface area contributed by atoms with Crippen LogP contribution in [0, 0.1) is 0 Å². The van der Waals surface area contributed by atoms with Crippen LogP contribution in [0.3, 0.4) is 0 Å². The van der Waals surface area contributed by atoms with E-state index < -0.39 is 0 Å². The molecule has 0 aliphatic heterocycles. The summed E-state index contributed by atoms with van der Waals surface area (Å²) in [5.74, 6) is -0.0255. The lowest BCUT2D eigenvalue weighted by molar-refractivity contribution is 0.0945. The number of fused-ring (bicyclic) bond motifs is 1. The summed E-state index contributed by atoms with van der Waals surface area (Å²) >= 11 is 0. The maximum Gasteiger partial charge on any atom is 0.253 e. The molecule has 15 heavy (non-hydrogen) atoms. The molecule has 3 nitrogen and oxygen atoms in total. The van der Waals surface area contributed by atoms with Gasteiger partial charge in [-0.3, -0.25) is 4.79 Å². The Bertz CT molecular complexity index is 485. The van der Waals surface area contributed by atoms with Crippen LogP contribution >= 0.6 is 0 Å². The zero-order valence-electron chi connectivity index (χ0n) is 8.87. The van der Waals surface area contributed by atoms with Crippen molar-refractivity contribution in [3.05, 3.63) is 36.0 Å². The minimum atomic E-state index is -0.0255. The molecule has 0 spiro atoms. The van der Waals surface area contributed by atoms with E-state index in [1.54, 1.807) is 6.20 Å². The molecule has 0 unspecified atom stereocenters. The smallest absolute Gasteiger partial charge is 0.253 e. The van der Waals surface area contributed by atoms with E-state index in [1.165, 1.54) is 0 Å². The largest absolute Gasteiger partial charge is 0.360 e. The Morgan fingerprint density at radius 2 is 2.07 bits per heavy atom. The van der Waals surface area contributed by atoms with E-state index in [1.807, 2.05) is 38.1 Å². The minimum Gasteiger partial charge on any atom is -0.360 e. The third-order valence-electron chi connectivity index (χ3n) is 2.25. The van der Waals surface area contributed by atoms with Gasteiger partial charge in [0.25, 0.3) is 5.91 Å². The van der Waals surface area contributed by atoms with Crippen molar-refractivity contribution in [3.63, 3.8) is 0 Å². The van der Waals surface area contributed by atoms with Gasteiger partial charge in [-0.05, 0) is 19.9 Å². The fourth-order valence-electron chi connectivity index (χ4n) is 1.60. The van der Waals surface area contributed by atoms with Gasteiger partial charge in [0, 0.05) is 23.1 Å². The molecule has 0 radical (unpaired) electrons. The molecule has 2 aromatic rings. The van der Waals surface area contributed by atoms with Crippen LogP contribution in [0.2, 0.25) is 0 Å². The number of hydrogen-bond acceptors (Lipinski definition) is 1. The molecule has 0 fully saturated rings. The Labute approximate surface area is 88.5 Å². The van der Waals surface area contributed by atoms with Crippen molar-refractivity contribution in [3.8, 4) is 0 Å². The van der Waals surface area contributed by atoms with Gasteiger partial charge in [0.2, 0.25) is 0 Å². The highest BCUT2D eigenvalue weighted by molar-refractivity contribution is 6.06. The summed E-state index contributed by atoms with van der Waals surface area (Å²) in [4.78, 5) is 14.9. The molecule has 1 amide bonds. The predicted octanol–water partition coefficient (Wildman–Crippen LogP) is 2.31. The standard InChI is InChI=1S/C12H14N2O/c1-8(2)14-12(15)10-7-13-11-6-4-3-5-9(10)11/h3-8,13H,1-2H3,(H,14,15). The van der Waals surface area contributed by atoms with Crippen molar-refractivity contribution in [1.82, 2.24) is 10.3 Å². The molecule has 0 saturated carbocycles. The van der Waals surface area contributed by atoms with Crippen LogP contribution in [0.5, 0.6) is 0 Å². The molecule has 1 aromatic heterocycles. The van der Waals surface area contributed by atoms with E-state index in [4.69, 9.17) is 0 Å². The molecule has 0 aliphatic rings. The van der Waals surface area contributed by atoms with Crippen LogP contribution in [-0.4, -0.2) is 16.9 Å². The van der Waals surface area contributed by atoms with Gasteiger partial charge in [-0.25, -0.2) is 0 Å². The number of amides is 1. The molecular formula is C12H14N2O. The molecule has 78 valence electrons. The Hall–Kier alpha value is -1.77. The highest BCUT2D eigenvalue weighted by Crippen LogP contribution is 2.17. The number of carbonyl (C=O) groups is 1. The zero-order chi connectivity index (χ0) is 10.8. The monoisotopic (exact) mass is 202 g/mol. The first kappa shape index (κ1) is 9.77. The molecule has 1 heterocycles. The molecule has 1 aromatic carbocycles. The van der Waals surface area contributed by atoms with E-state index >= 15 is 0 Å². The Balaban J connectivity index is 2.40. The average Bonchev–Trinajstić information content (AvgIpc) is 2.59. The molecule has 0 aliphatic carbocycles. The van der Waals surface area contributed by atoms with Crippen molar-refractivity contribution in [1.29, 1.82) is 0 Å². The van der Waals surface area contributed by atoms with Crippen molar-refractivity contribution in [2.45, 2.75) is 19.9 Å². The summed E-state index contributed by atoms with van der Waals surface area (Å²) in [6.45, 7) is 3.90. The van der Waals surface area contributed by atoms with Crippen LogP contribution in [0.4, 0.5) is 0 Å². The van der Waals surface area contributed by atoms with Crippen molar-refractivity contribution < 1.29 is 4.79 Å². The predicted molar refractivity (Wildman–Crippen MR) is 60.9 cm³/mol. The van der Waals surface area contributed by atoms with Gasteiger partial charge in [0.15, 0.2) is 0 Å². The second-order valence-electron chi connectivity index (χ2n) is 3.88. The Kier molecular flexibility index (Phi) is 2.46. The number of rotatable bonds is 2. The van der Waals surface area contributed by atoms with Gasteiger partial charge in [-0.2, -0.15) is 0 Å². The topological polar surface area (TPSA) is 44.9 Å². The fraction of sp³-hybridized carbons (Fsp3) is 0.250. The normalized spacial score (nSPS) is 10.9. The van der Waals surface area contributed by atoms with Crippen molar-refractivity contribution in [2.75, 3.05) is 0 Å². The van der Waals surface area contributed by atoms with Crippen LogP contribution in [-0.2, 0) is 0 Å². The van der Waals surface area contributed by atoms with Gasteiger partial charge < -0.3 is 10.3 Å². The SMILES string of the molecule is CC(C)NC(=O)c1c[nH]c2ccccc12. The van der Waals surface area contributed by atoms with Gasteiger partial charge in [0.05, 0.1) is 5.56 Å². The molecule has 2 rings (SSSR count). The number of aromatic amines is 1. The molecular weight excluding hydrogens is 188 g/mol. The van der Waals surface area contributed by atoms with Gasteiger partial charge in [0.1, 0.15) is 0 Å². The third-order valence-corrected chi connectivity index (χ3v) is 2.25. The highest BCUT2D eigenvalue weighted by atomic mass is 16.1. The van der Waals surface area contributed by atoms with Gasteiger partial charge >= 0.3 is 0 Å². The number of nitrogens with one attached hydrogen (secondary N) is 2. The lowest BCUT2D eigenvalue weighted by Crippen LogP contribution is -2.29. The number of H-pyrrole nitrogens is 1. The summed E-state index contributed by atoms with van der Waals surface area (Å²) < 4.78 is 0. The summed E-state index contributed by atoms with van der Waals surface area (Å²) in [6.07, 6.45) is 1.75. The Morgan fingerprint density at radius 1 is 1.33 bits per heavy atom. The van der Waals surface area contributed by atoms with E-state index in [2.05, 4.69) is 10.3 Å². The third kappa shape index (κ3) is 1.86. The first-order valence-electron chi connectivity index (χ1n) is 5.05. The molecule has 0 bridgehead atoms. The van der Waals surface area contributed by atoms with E-state index in [-0.39, 0.29) is 11.9 Å². The van der Waals surface area contributed by atoms with E-state index in [9.17, 15) is 4.79 Å². The maximum absolute atomic E-state index is 11.8. The first-order chi connectivity index (χ1) is 7.18. The second kappa shape index (κ2) is 3.77. The minimum absolute atomic E-state index is 0.0255. The van der Waals surface area contributed by atoms with Gasteiger partial charge in [-0.15, -0.1) is 0 Å². The highest BCUT2D eigenvalue weighted by Gasteiger charge is 2.11. The zero-order valence-corrected chi connectivity index (χ0v) is 8.87. The quantitative estimate of drug-likeness (QED) is 0.771. The lowest BCUT2D eigenvalue weighted by atomic mass is 10.1. The fourth-order valence-corrected chi connectivity index (χ4v) is 1.60. The maximum atomic E-state index is 11.8. The van der Waals surface area contributed by atoms with Crippen LogP contribution in [0.1, 0.15) is 24.2 Å². The summed E-state index contributed by atoms with van der Waals surface area (Å²) in [6, 6.07) is 7.94. The Morgan fingerprint density at radius 3 is 2.80 bits per heavy atom. The summed E-state index contributed by atoms with van der Waals surface area (Å²) in [7, 11) is 0. The average molecular weight is 202 g/mol. The van der Waals surface area contributed by atoms with Crippen LogP contribution in [0.25, 0.3) is 10.9 Å². The first-order valence-corrected chi connectivity index (χ1v) is 5.05. The van der Waals surface area contributed by atoms with Crippen molar-refractivity contribution >= 4 is 16.8 Å². The summed E-state index contributed by atoms with van der Waals surface area (Å²) in [5, 5.41) is 3.85. The van der Waals surface area contributed by atoms with Crippen LogP contribution in [0.15, 0.2) is 30.5 Å². The van der Waals surface area contributed by atoms with Crippen LogP contribution < -0.4 is 5.32 Å². The second-order valence-corrected chi connectivity index (χ2v) is 3.88. The number of hydrogen-bond donors (Lipinski definition) is 2. The van der Waals surface area contributed by atoms with Crippen molar-refractivity contribution in [2.24, 2.45) is 0 Å². The van der Waals surface area contributed by atoms with E-state index in [0.717, 1.165) is 10.9 Å². The number of aromatic nitrogens is 1. The molecule has 2 N–H and O–H groups in total.